The van der Waals surface area contributed by atoms with Crippen molar-refractivity contribution in [3.8, 4) is 17.6 Å². The quantitative estimate of drug-likeness (QED) is 0.352. The standard InChI is InChI=1S/C18H14F3N3O6/c19-18(20,21)12-1-4-16(11(7-12)9-22)30-13-2-3-15(24(27)28)14(8-13)23-5-6-29-10-17(25)26/h1-4,7-8,23H,5-6,10H2,(H,25,26). The van der Waals surface area contributed by atoms with Crippen molar-refractivity contribution < 1.29 is 37.5 Å². The lowest BCUT2D eigenvalue weighted by molar-refractivity contribution is -0.384. The summed E-state index contributed by atoms with van der Waals surface area (Å²) in [5, 5.41) is 31.5. The van der Waals surface area contributed by atoms with Crippen LogP contribution in [0.15, 0.2) is 36.4 Å². The maximum Gasteiger partial charge on any atom is 0.416 e. The number of benzene rings is 2. The Morgan fingerprint density at radius 1 is 1.27 bits per heavy atom. The zero-order valence-electron chi connectivity index (χ0n) is 15.1. The average Bonchev–Trinajstić information content (AvgIpc) is 2.66. The van der Waals surface area contributed by atoms with Gasteiger partial charge >= 0.3 is 12.1 Å². The third-order valence-corrected chi connectivity index (χ3v) is 3.61. The molecule has 2 N–H and O–H groups in total. The Balaban J connectivity index is 2.21. The number of carboxylic acids is 1. The van der Waals surface area contributed by atoms with Gasteiger partial charge in [-0.3, -0.25) is 10.1 Å². The molecule has 30 heavy (non-hydrogen) atoms. The van der Waals surface area contributed by atoms with E-state index in [4.69, 9.17) is 19.8 Å². The van der Waals surface area contributed by atoms with E-state index in [0.29, 0.717) is 6.07 Å². The molecule has 0 fully saturated rings. The van der Waals surface area contributed by atoms with Crippen LogP contribution in [0.1, 0.15) is 11.1 Å². The number of halogens is 3. The van der Waals surface area contributed by atoms with E-state index < -0.39 is 29.2 Å². The summed E-state index contributed by atoms with van der Waals surface area (Å²) < 4.78 is 48.6. The highest BCUT2D eigenvalue weighted by molar-refractivity contribution is 5.68. The number of nitriles is 1. The number of nitro groups is 1. The Bertz CT molecular complexity index is 988. The first-order valence-electron chi connectivity index (χ1n) is 8.23. The minimum Gasteiger partial charge on any atom is -0.480 e. The molecule has 0 aliphatic carbocycles. The highest BCUT2D eigenvalue weighted by Gasteiger charge is 2.31. The van der Waals surface area contributed by atoms with Crippen molar-refractivity contribution in [1.82, 2.24) is 0 Å². The first-order chi connectivity index (χ1) is 14.1. The van der Waals surface area contributed by atoms with Gasteiger partial charge in [0.25, 0.3) is 5.69 Å². The number of nitrogens with one attached hydrogen (secondary N) is 1. The summed E-state index contributed by atoms with van der Waals surface area (Å²) in [5.74, 6) is -1.29. The van der Waals surface area contributed by atoms with Gasteiger partial charge in [-0.1, -0.05) is 0 Å². The van der Waals surface area contributed by atoms with Gasteiger partial charge in [0.05, 0.1) is 22.7 Å². The molecule has 2 aromatic rings. The molecule has 2 aromatic carbocycles. The number of aliphatic carboxylic acids is 1. The maximum atomic E-state index is 12.8. The van der Waals surface area contributed by atoms with E-state index in [2.05, 4.69) is 5.32 Å². The molecule has 0 bridgehead atoms. The molecule has 2 rings (SSSR count). The summed E-state index contributed by atoms with van der Waals surface area (Å²) in [5.41, 5.74) is -1.67. The monoisotopic (exact) mass is 425 g/mol. The minimum atomic E-state index is -4.63. The van der Waals surface area contributed by atoms with Crippen LogP contribution in [0.3, 0.4) is 0 Å². The van der Waals surface area contributed by atoms with Gasteiger partial charge in [-0.15, -0.1) is 0 Å². The van der Waals surface area contributed by atoms with Crippen LogP contribution in [0.4, 0.5) is 24.5 Å². The number of alkyl halides is 3. The van der Waals surface area contributed by atoms with Crippen LogP contribution in [0, 0.1) is 21.4 Å². The van der Waals surface area contributed by atoms with Crippen LogP contribution in [0.25, 0.3) is 0 Å². The molecule has 158 valence electrons. The van der Waals surface area contributed by atoms with Crippen molar-refractivity contribution in [2.24, 2.45) is 0 Å². The lowest BCUT2D eigenvalue weighted by atomic mass is 10.1. The Hall–Kier alpha value is -3.85. The largest absolute Gasteiger partial charge is 0.480 e. The normalized spacial score (nSPS) is 10.9. The fourth-order valence-corrected chi connectivity index (χ4v) is 2.31. The predicted octanol–water partition coefficient (Wildman–Crippen LogP) is 3.79. The summed E-state index contributed by atoms with van der Waals surface area (Å²) in [6.07, 6.45) is -4.63. The number of nitrogens with zero attached hydrogens (tertiary/aromatic N) is 2. The maximum absolute atomic E-state index is 12.8. The number of carboxylic acid groups (broad SMARTS) is 1. The Labute approximate surface area is 167 Å². The molecule has 0 spiro atoms. The number of rotatable bonds is 9. The molecule has 0 amide bonds. The van der Waals surface area contributed by atoms with Gasteiger partial charge in [-0.05, 0) is 24.3 Å². The number of hydrogen-bond acceptors (Lipinski definition) is 7. The highest BCUT2D eigenvalue weighted by Crippen LogP contribution is 2.35. The molecular formula is C18H14F3N3O6. The molecule has 0 saturated carbocycles. The predicted molar refractivity (Wildman–Crippen MR) is 96.3 cm³/mol. The van der Waals surface area contributed by atoms with Gasteiger partial charge in [0, 0.05) is 18.7 Å². The van der Waals surface area contributed by atoms with Crippen LogP contribution in [-0.2, 0) is 15.7 Å². The lowest BCUT2D eigenvalue weighted by Crippen LogP contribution is -2.14. The molecule has 0 aliphatic heterocycles. The molecule has 0 heterocycles. The summed E-state index contributed by atoms with van der Waals surface area (Å²) >= 11 is 0. The van der Waals surface area contributed by atoms with Crippen LogP contribution in [0.2, 0.25) is 0 Å². The molecular weight excluding hydrogens is 411 g/mol. The Morgan fingerprint density at radius 3 is 2.60 bits per heavy atom. The number of hydrogen-bond donors (Lipinski definition) is 2. The molecule has 0 atom stereocenters. The summed E-state index contributed by atoms with van der Waals surface area (Å²) in [6, 6.07) is 7.56. The number of nitro benzene ring substituents is 1. The first-order valence-corrected chi connectivity index (χ1v) is 8.23. The second-order valence-electron chi connectivity index (χ2n) is 5.73. The topological polar surface area (TPSA) is 135 Å². The second-order valence-corrected chi connectivity index (χ2v) is 5.73. The Morgan fingerprint density at radius 2 is 2.00 bits per heavy atom. The molecule has 0 radical (unpaired) electrons. The van der Waals surface area contributed by atoms with Gasteiger partial charge in [-0.2, -0.15) is 18.4 Å². The Kier molecular flexibility index (Phi) is 7.16. The van der Waals surface area contributed by atoms with Crippen molar-refractivity contribution in [1.29, 1.82) is 5.26 Å². The fourth-order valence-electron chi connectivity index (χ4n) is 2.31. The van der Waals surface area contributed by atoms with Gasteiger partial charge in [0.2, 0.25) is 0 Å². The van der Waals surface area contributed by atoms with Crippen LogP contribution >= 0.6 is 0 Å². The van der Waals surface area contributed by atoms with E-state index in [0.717, 1.165) is 18.2 Å². The summed E-state index contributed by atoms with van der Waals surface area (Å²) in [7, 11) is 0. The zero-order valence-corrected chi connectivity index (χ0v) is 15.1. The highest BCUT2D eigenvalue weighted by atomic mass is 19.4. The number of carbonyl (C=O) groups is 1. The van der Waals surface area contributed by atoms with E-state index in [9.17, 15) is 28.1 Å². The van der Waals surface area contributed by atoms with E-state index in [-0.39, 0.29) is 41.6 Å². The molecule has 12 heteroatoms. The fraction of sp³-hybridized carbons (Fsp3) is 0.222. The average molecular weight is 425 g/mol. The summed E-state index contributed by atoms with van der Waals surface area (Å²) in [6.45, 7) is -0.537. The molecule has 0 saturated heterocycles. The van der Waals surface area contributed by atoms with E-state index in [1.807, 2.05) is 0 Å². The number of anilines is 1. The third-order valence-electron chi connectivity index (χ3n) is 3.61. The molecule has 0 aromatic heterocycles. The van der Waals surface area contributed by atoms with E-state index in [1.165, 1.54) is 12.1 Å². The van der Waals surface area contributed by atoms with E-state index >= 15 is 0 Å². The van der Waals surface area contributed by atoms with Crippen molar-refractivity contribution in [3.05, 3.63) is 57.6 Å². The van der Waals surface area contributed by atoms with Crippen LogP contribution < -0.4 is 10.1 Å². The van der Waals surface area contributed by atoms with Crippen molar-refractivity contribution in [3.63, 3.8) is 0 Å². The van der Waals surface area contributed by atoms with Gasteiger partial charge in [0.15, 0.2) is 0 Å². The van der Waals surface area contributed by atoms with Gasteiger partial charge in [-0.25, -0.2) is 4.79 Å². The third kappa shape index (κ3) is 6.08. The molecule has 0 unspecified atom stereocenters. The first kappa shape index (κ1) is 22.4. The number of ether oxygens (including phenoxy) is 2. The molecule has 9 nitrogen and oxygen atoms in total. The second kappa shape index (κ2) is 9.57. The SMILES string of the molecule is N#Cc1cc(C(F)(F)F)ccc1Oc1ccc([N+](=O)[O-])c(NCCOCC(=O)O)c1. The zero-order chi connectivity index (χ0) is 22.3. The smallest absolute Gasteiger partial charge is 0.416 e. The van der Waals surface area contributed by atoms with Crippen molar-refractivity contribution >= 4 is 17.3 Å². The van der Waals surface area contributed by atoms with Gasteiger partial charge < -0.3 is 19.9 Å². The minimum absolute atomic E-state index is 0.0156. The van der Waals surface area contributed by atoms with Crippen LogP contribution in [0.5, 0.6) is 11.5 Å². The lowest BCUT2D eigenvalue weighted by Gasteiger charge is -2.12. The molecule has 0 aliphatic rings. The van der Waals surface area contributed by atoms with Crippen molar-refractivity contribution in [2.75, 3.05) is 25.1 Å². The van der Waals surface area contributed by atoms with Crippen LogP contribution in [-0.4, -0.2) is 35.8 Å². The summed E-state index contributed by atoms with van der Waals surface area (Å²) in [4.78, 5) is 20.9. The van der Waals surface area contributed by atoms with Gasteiger partial charge in [0.1, 0.15) is 29.9 Å². The van der Waals surface area contributed by atoms with Crippen molar-refractivity contribution in [2.45, 2.75) is 6.18 Å². The van der Waals surface area contributed by atoms with E-state index in [1.54, 1.807) is 6.07 Å².